The molecule has 11 rings (SSSR count). The van der Waals surface area contributed by atoms with Gasteiger partial charge in [-0.15, -0.1) is 0 Å². The molecule has 1 spiro atoms. The predicted molar refractivity (Wildman–Crippen MR) is 217 cm³/mol. The van der Waals surface area contributed by atoms with Gasteiger partial charge in [-0.1, -0.05) is 157 Å². The summed E-state index contributed by atoms with van der Waals surface area (Å²) in [5.41, 5.74) is 17.6. The maximum atomic E-state index is 6.74. The van der Waals surface area contributed by atoms with Gasteiger partial charge < -0.3 is 9.88 Å². The SMILES string of the molecule is Clc1ccccc1Nc1cccc2c1-c1ccccc1C21c2ccccc2-c2ccc3c4ccccc4n(-c4ccc(-c5ccccc5)cc4)c3c21. The van der Waals surface area contributed by atoms with Gasteiger partial charge in [-0.3, -0.25) is 0 Å². The van der Waals surface area contributed by atoms with Crippen molar-refractivity contribution < 1.29 is 0 Å². The number of halogens is 1. The van der Waals surface area contributed by atoms with Crippen LogP contribution in [0.2, 0.25) is 5.02 Å². The molecule has 2 aliphatic carbocycles. The monoisotopic (exact) mass is 682 g/mol. The van der Waals surface area contributed by atoms with Crippen LogP contribution in [0.3, 0.4) is 0 Å². The molecule has 3 heteroatoms. The van der Waals surface area contributed by atoms with Crippen LogP contribution in [0.1, 0.15) is 22.3 Å². The van der Waals surface area contributed by atoms with Gasteiger partial charge in [0.05, 0.1) is 27.2 Å². The molecule has 2 nitrogen and oxygen atoms in total. The summed E-state index contributed by atoms with van der Waals surface area (Å²) in [6.07, 6.45) is 0. The average Bonchev–Trinajstić information content (AvgIpc) is 3.81. The fraction of sp³-hybridized carbons (Fsp3) is 0.0204. The number of anilines is 2. The Kier molecular flexibility index (Phi) is 6.26. The molecular weight excluding hydrogens is 652 g/mol. The smallest absolute Gasteiger partial charge is 0.0747 e. The maximum Gasteiger partial charge on any atom is 0.0747 e. The van der Waals surface area contributed by atoms with E-state index in [1.54, 1.807) is 0 Å². The lowest BCUT2D eigenvalue weighted by Crippen LogP contribution is -2.26. The summed E-state index contributed by atoms with van der Waals surface area (Å²) >= 11 is 6.74. The molecule has 1 aromatic heterocycles. The first-order valence-corrected chi connectivity index (χ1v) is 18.2. The van der Waals surface area contributed by atoms with Gasteiger partial charge in [0, 0.05) is 33.3 Å². The van der Waals surface area contributed by atoms with Crippen LogP contribution in [0.5, 0.6) is 0 Å². The Labute approximate surface area is 307 Å². The average molecular weight is 683 g/mol. The van der Waals surface area contributed by atoms with Crippen molar-refractivity contribution >= 4 is 44.8 Å². The van der Waals surface area contributed by atoms with Crippen molar-refractivity contribution in [2.24, 2.45) is 0 Å². The lowest BCUT2D eigenvalue weighted by molar-refractivity contribution is 0.797. The zero-order chi connectivity index (χ0) is 34.4. The maximum absolute atomic E-state index is 6.74. The van der Waals surface area contributed by atoms with Crippen molar-refractivity contribution in [3.05, 3.63) is 209 Å². The minimum Gasteiger partial charge on any atom is -0.354 e. The molecule has 9 aromatic rings. The van der Waals surface area contributed by atoms with E-state index in [-0.39, 0.29) is 0 Å². The van der Waals surface area contributed by atoms with Gasteiger partial charge in [-0.05, 0) is 80.9 Å². The number of fused-ring (bicyclic) bond motifs is 14. The van der Waals surface area contributed by atoms with E-state index in [0.29, 0.717) is 5.02 Å². The normalized spacial score (nSPS) is 15.1. The highest BCUT2D eigenvalue weighted by molar-refractivity contribution is 6.33. The summed E-state index contributed by atoms with van der Waals surface area (Å²) in [6, 6.07) is 66.0. The van der Waals surface area contributed by atoms with Crippen LogP contribution in [0.25, 0.3) is 60.9 Å². The molecule has 1 atom stereocenters. The van der Waals surface area contributed by atoms with Gasteiger partial charge in [0.25, 0.3) is 0 Å². The number of hydrogen-bond acceptors (Lipinski definition) is 1. The summed E-state index contributed by atoms with van der Waals surface area (Å²) < 4.78 is 2.51. The van der Waals surface area contributed by atoms with E-state index in [9.17, 15) is 0 Å². The van der Waals surface area contributed by atoms with Crippen LogP contribution >= 0.6 is 11.6 Å². The fourth-order valence-corrected chi connectivity index (χ4v) is 9.43. The second-order valence-corrected chi connectivity index (χ2v) is 14.2. The molecule has 0 aliphatic heterocycles. The van der Waals surface area contributed by atoms with Crippen LogP contribution in [0.15, 0.2) is 182 Å². The fourth-order valence-electron chi connectivity index (χ4n) is 9.24. The Balaban J connectivity index is 1.26. The third-order valence-corrected chi connectivity index (χ3v) is 11.6. The first kappa shape index (κ1) is 29.4. The lowest BCUT2D eigenvalue weighted by atomic mass is 9.70. The molecule has 0 fully saturated rings. The topological polar surface area (TPSA) is 17.0 Å². The number of nitrogens with one attached hydrogen (secondary N) is 1. The van der Waals surface area contributed by atoms with Crippen LogP contribution < -0.4 is 5.32 Å². The van der Waals surface area contributed by atoms with Crippen LogP contribution in [0.4, 0.5) is 11.4 Å². The Hall–Kier alpha value is -6.35. The molecule has 0 saturated heterocycles. The van der Waals surface area contributed by atoms with Crippen molar-refractivity contribution in [3.63, 3.8) is 0 Å². The first-order valence-electron chi connectivity index (χ1n) is 17.8. The Morgan fingerprint density at radius 2 is 1.08 bits per heavy atom. The summed E-state index contributed by atoms with van der Waals surface area (Å²) in [4.78, 5) is 0. The van der Waals surface area contributed by atoms with Crippen LogP contribution in [-0.2, 0) is 5.41 Å². The molecule has 0 amide bonds. The minimum atomic E-state index is -0.550. The van der Waals surface area contributed by atoms with Gasteiger partial charge in [0.15, 0.2) is 0 Å². The first-order chi connectivity index (χ1) is 25.7. The van der Waals surface area contributed by atoms with Gasteiger partial charge in [0.2, 0.25) is 0 Å². The van der Waals surface area contributed by atoms with Crippen LogP contribution in [0, 0.1) is 0 Å². The number of hydrogen-bond donors (Lipinski definition) is 1. The van der Waals surface area contributed by atoms with E-state index in [1.165, 1.54) is 77.4 Å². The molecular formula is C49H31ClN2. The molecule has 0 bridgehead atoms. The molecule has 8 aromatic carbocycles. The third kappa shape index (κ3) is 3.90. The molecule has 1 heterocycles. The number of rotatable bonds is 4. The van der Waals surface area contributed by atoms with Crippen molar-refractivity contribution in [1.29, 1.82) is 0 Å². The lowest BCUT2D eigenvalue weighted by Gasteiger charge is -2.31. The van der Waals surface area contributed by atoms with E-state index in [0.717, 1.165) is 17.1 Å². The van der Waals surface area contributed by atoms with E-state index >= 15 is 0 Å². The number of benzene rings is 8. The van der Waals surface area contributed by atoms with Gasteiger partial charge >= 0.3 is 0 Å². The highest BCUT2D eigenvalue weighted by atomic mass is 35.5. The van der Waals surface area contributed by atoms with Crippen LogP contribution in [-0.4, -0.2) is 4.57 Å². The molecule has 0 radical (unpaired) electrons. The van der Waals surface area contributed by atoms with E-state index in [2.05, 4.69) is 168 Å². The van der Waals surface area contributed by atoms with Crippen molar-refractivity contribution in [2.75, 3.05) is 5.32 Å². The summed E-state index contributed by atoms with van der Waals surface area (Å²) in [7, 11) is 0. The van der Waals surface area contributed by atoms with Crippen molar-refractivity contribution in [2.45, 2.75) is 5.41 Å². The molecule has 1 N–H and O–H groups in total. The quantitative estimate of drug-likeness (QED) is 0.195. The Morgan fingerprint density at radius 3 is 1.90 bits per heavy atom. The van der Waals surface area contributed by atoms with Crippen molar-refractivity contribution in [1.82, 2.24) is 4.57 Å². The molecule has 2 aliphatic rings. The zero-order valence-corrected chi connectivity index (χ0v) is 28.9. The third-order valence-electron chi connectivity index (χ3n) is 11.3. The number of aromatic nitrogens is 1. The molecule has 0 saturated carbocycles. The second kappa shape index (κ2) is 11.1. The summed E-state index contributed by atoms with van der Waals surface area (Å²) in [6.45, 7) is 0. The van der Waals surface area contributed by atoms with E-state index in [1.807, 2.05) is 24.3 Å². The second-order valence-electron chi connectivity index (χ2n) is 13.8. The number of nitrogens with zero attached hydrogens (tertiary/aromatic N) is 1. The van der Waals surface area contributed by atoms with Gasteiger partial charge in [0.1, 0.15) is 0 Å². The van der Waals surface area contributed by atoms with E-state index < -0.39 is 5.41 Å². The number of para-hydroxylation sites is 2. The minimum absolute atomic E-state index is 0.550. The molecule has 52 heavy (non-hydrogen) atoms. The van der Waals surface area contributed by atoms with Gasteiger partial charge in [-0.25, -0.2) is 0 Å². The molecule has 244 valence electrons. The van der Waals surface area contributed by atoms with E-state index in [4.69, 9.17) is 11.6 Å². The molecule has 1 unspecified atom stereocenters. The Morgan fingerprint density at radius 1 is 0.442 bits per heavy atom. The highest BCUT2D eigenvalue weighted by Crippen LogP contribution is 2.65. The summed E-state index contributed by atoms with van der Waals surface area (Å²) in [5, 5.41) is 6.95. The Bertz CT molecular complexity index is 2880. The summed E-state index contributed by atoms with van der Waals surface area (Å²) in [5.74, 6) is 0. The van der Waals surface area contributed by atoms with Crippen molar-refractivity contribution in [3.8, 4) is 39.1 Å². The zero-order valence-electron chi connectivity index (χ0n) is 28.1. The predicted octanol–water partition coefficient (Wildman–Crippen LogP) is 13.2. The standard InChI is InChI=1S/C49H31ClN2/c50-42-21-9-10-22-43(42)51-44-23-12-20-41-46(44)38-17-5-8-19-40(38)49(41)39-18-7-4-15-34(39)36-29-30-37-35-16-6-11-24-45(35)52(48(37)47(36)49)33-27-25-32(26-28-33)31-13-2-1-3-14-31/h1-30,51H. The van der Waals surface area contributed by atoms with Gasteiger partial charge in [-0.2, -0.15) is 0 Å². The highest BCUT2D eigenvalue weighted by Gasteiger charge is 2.53. The largest absolute Gasteiger partial charge is 0.354 e.